The molecule has 0 unspecified atom stereocenters. The summed E-state index contributed by atoms with van der Waals surface area (Å²) in [5.41, 5.74) is 2.13. The molecule has 0 N–H and O–H groups in total. The zero-order chi connectivity index (χ0) is 20.8. The summed E-state index contributed by atoms with van der Waals surface area (Å²) in [5.74, 6) is 2.48. The molecular formula is C24H28N2O4. The number of para-hydroxylation sites is 1. The van der Waals surface area contributed by atoms with Crippen LogP contribution in [0.3, 0.4) is 0 Å². The van der Waals surface area contributed by atoms with Gasteiger partial charge in [0.15, 0.2) is 11.5 Å². The molecule has 0 aromatic heterocycles. The highest BCUT2D eigenvalue weighted by atomic mass is 16.7. The second-order valence-corrected chi connectivity index (χ2v) is 7.51. The van der Waals surface area contributed by atoms with Crippen molar-refractivity contribution in [3.05, 3.63) is 59.7 Å². The first kappa shape index (κ1) is 20.3. The summed E-state index contributed by atoms with van der Waals surface area (Å²) in [5, 5.41) is 0. The predicted molar refractivity (Wildman–Crippen MR) is 116 cm³/mol. The van der Waals surface area contributed by atoms with Crippen molar-refractivity contribution >= 4 is 12.0 Å². The molecule has 0 aliphatic carbocycles. The number of carbonyl (C=O) groups is 1. The fraction of sp³-hybridized carbons (Fsp3) is 0.375. The third-order valence-corrected chi connectivity index (χ3v) is 5.31. The Kier molecular flexibility index (Phi) is 6.54. The van der Waals surface area contributed by atoms with Gasteiger partial charge in [0, 0.05) is 44.4 Å². The van der Waals surface area contributed by atoms with Crippen molar-refractivity contribution in [3.63, 3.8) is 0 Å². The second-order valence-electron chi connectivity index (χ2n) is 7.51. The number of fused-ring (bicyclic) bond motifs is 1. The highest BCUT2D eigenvalue weighted by Crippen LogP contribution is 2.32. The minimum Gasteiger partial charge on any atom is -0.493 e. The minimum atomic E-state index is 0.0445. The Balaban J connectivity index is 1.29. The van der Waals surface area contributed by atoms with Gasteiger partial charge in [-0.1, -0.05) is 31.2 Å². The van der Waals surface area contributed by atoms with E-state index < -0.39 is 0 Å². The van der Waals surface area contributed by atoms with Crippen molar-refractivity contribution in [2.45, 2.75) is 19.9 Å². The van der Waals surface area contributed by atoms with Gasteiger partial charge in [0.1, 0.15) is 5.75 Å². The summed E-state index contributed by atoms with van der Waals surface area (Å²) in [6.07, 6.45) is 4.46. The van der Waals surface area contributed by atoms with E-state index in [0.29, 0.717) is 13.4 Å². The molecule has 6 heteroatoms. The molecule has 4 rings (SSSR count). The van der Waals surface area contributed by atoms with Gasteiger partial charge in [-0.3, -0.25) is 9.69 Å². The van der Waals surface area contributed by atoms with Gasteiger partial charge in [0.05, 0.1) is 6.61 Å². The largest absolute Gasteiger partial charge is 0.493 e. The van der Waals surface area contributed by atoms with Crippen LogP contribution in [0, 0.1) is 0 Å². The number of hydrogen-bond acceptors (Lipinski definition) is 5. The normalized spacial score (nSPS) is 16.2. The molecule has 2 aromatic carbocycles. The van der Waals surface area contributed by atoms with Gasteiger partial charge >= 0.3 is 0 Å². The molecule has 6 nitrogen and oxygen atoms in total. The summed E-state index contributed by atoms with van der Waals surface area (Å²) in [4.78, 5) is 16.9. The van der Waals surface area contributed by atoms with Crippen LogP contribution >= 0.6 is 0 Å². The highest BCUT2D eigenvalue weighted by molar-refractivity contribution is 5.92. The number of rotatable bonds is 7. The Morgan fingerprint density at radius 3 is 2.70 bits per heavy atom. The van der Waals surface area contributed by atoms with Gasteiger partial charge in [-0.15, -0.1) is 0 Å². The van der Waals surface area contributed by atoms with E-state index in [-0.39, 0.29) is 5.91 Å². The van der Waals surface area contributed by atoms with Crippen LogP contribution in [0.5, 0.6) is 17.2 Å². The van der Waals surface area contributed by atoms with Gasteiger partial charge < -0.3 is 19.1 Å². The topological polar surface area (TPSA) is 51.2 Å². The number of ether oxygens (including phenoxy) is 3. The maximum atomic E-state index is 12.6. The quantitative estimate of drug-likeness (QED) is 0.656. The molecule has 0 radical (unpaired) electrons. The molecule has 30 heavy (non-hydrogen) atoms. The fourth-order valence-corrected chi connectivity index (χ4v) is 3.65. The highest BCUT2D eigenvalue weighted by Gasteiger charge is 2.21. The van der Waals surface area contributed by atoms with Gasteiger partial charge in [0.2, 0.25) is 12.7 Å². The van der Waals surface area contributed by atoms with Gasteiger partial charge in [0.25, 0.3) is 0 Å². The lowest BCUT2D eigenvalue weighted by Crippen LogP contribution is -2.47. The van der Waals surface area contributed by atoms with Gasteiger partial charge in [-0.2, -0.15) is 0 Å². The lowest BCUT2D eigenvalue weighted by Gasteiger charge is -2.34. The van der Waals surface area contributed by atoms with E-state index in [1.54, 1.807) is 6.08 Å². The molecular weight excluding hydrogens is 380 g/mol. The Bertz CT molecular complexity index is 904. The number of carbonyl (C=O) groups excluding carboxylic acids is 1. The molecule has 1 fully saturated rings. The van der Waals surface area contributed by atoms with Crippen LogP contribution in [0.25, 0.3) is 6.08 Å². The summed E-state index contributed by atoms with van der Waals surface area (Å²) < 4.78 is 16.6. The van der Waals surface area contributed by atoms with Crippen LogP contribution in [0.2, 0.25) is 0 Å². The molecule has 0 spiro atoms. The van der Waals surface area contributed by atoms with Crippen LogP contribution in [0.1, 0.15) is 24.5 Å². The molecule has 1 amide bonds. The van der Waals surface area contributed by atoms with Crippen LogP contribution in [-0.4, -0.2) is 55.3 Å². The Morgan fingerprint density at radius 1 is 1.07 bits per heavy atom. The third kappa shape index (κ3) is 4.94. The molecule has 0 atom stereocenters. The van der Waals surface area contributed by atoms with Gasteiger partial charge in [-0.05, 0) is 36.3 Å². The van der Waals surface area contributed by atoms with Crippen molar-refractivity contribution < 1.29 is 19.0 Å². The van der Waals surface area contributed by atoms with E-state index in [1.165, 1.54) is 5.56 Å². The fourth-order valence-electron chi connectivity index (χ4n) is 3.65. The maximum absolute atomic E-state index is 12.6. The van der Waals surface area contributed by atoms with Crippen LogP contribution < -0.4 is 14.2 Å². The van der Waals surface area contributed by atoms with E-state index in [2.05, 4.69) is 17.9 Å². The van der Waals surface area contributed by atoms with Crippen molar-refractivity contribution in [2.75, 3.05) is 39.6 Å². The van der Waals surface area contributed by atoms with E-state index in [4.69, 9.17) is 14.2 Å². The molecule has 2 aliphatic rings. The Hall–Kier alpha value is -2.99. The lowest BCUT2D eigenvalue weighted by molar-refractivity contribution is -0.127. The van der Waals surface area contributed by atoms with Crippen molar-refractivity contribution in [3.8, 4) is 17.2 Å². The Labute approximate surface area is 177 Å². The zero-order valence-electron chi connectivity index (χ0n) is 17.4. The van der Waals surface area contributed by atoms with Gasteiger partial charge in [-0.25, -0.2) is 0 Å². The first-order valence-corrected chi connectivity index (χ1v) is 10.5. The molecule has 2 aliphatic heterocycles. The number of hydrogen-bond donors (Lipinski definition) is 0. The minimum absolute atomic E-state index is 0.0445. The molecule has 2 aromatic rings. The van der Waals surface area contributed by atoms with E-state index >= 15 is 0 Å². The molecule has 0 saturated carbocycles. The average Bonchev–Trinajstić information content (AvgIpc) is 3.25. The zero-order valence-corrected chi connectivity index (χ0v) is 17.4. The monoisotopic (exact) mass is 408 g/mol. The first-order chi connectivity index (χ1) is 14.7. The number of amides is 1. The summed E-state index contributed by atoms with van der Waals surface area (Å²) in [6.45, 7) is 7.04. The maximum Gasteiger partial charge on any atom is 0.246 e. The predicted octanol–water partition coefficient (Wildman–Crippen LogP) is 3.56. The summed E-state index contributed by atoms with van der Waals surface area (Å²) in [7, 11) is 0. The van der Waals surface area contributed by atoms with Crippen molar-refractivity contribution in [1.29, 1.82) is 0 Å². The molecule has 158 valence electrons. The van der Waals surface area contributed by atoms with E-state index in [1.807, 2.05) is 47.4 Å². The summed E-state index contributed by atoms with van der Waals surface area (Å²) >= 11 is 0. The Morgan fingerprint density at radius 2 is 1.87 bits per heavy atom. The van der Waals surface area contributed by atoms with Crippen molar-refractivity contribution in [2.24, 2.45) is 0 Å². The first-order valence-electron chi connectivity index (χ1n) is 10.5. The standard InChI is InChI=1S/C24H28N2O4/c1-2-15-28-21-6-4-3-5-20(21)8-10-24(27)26-13-11-25(12-14-26)17-19-7-9-22-23(16-19)30-18-29-22/h3-10,16H,2,11-15,17-18H2,1H3/b10-8+. The summed E-state index contributed by atoms with van der Waals surface area (Å²) in [6, 6.07) is 13.9. The van der Waals surface area contributed by atoms with Crippen molar-refractivity contribution in [1.82, 2.24) is 9.80 Å². The SMILES string of the molecule is CCCOc1ccccc1/C=C/C(=O)N1CCN(Cc2ccc3c(c2)OCO3)CC1. The second kappa shape index (κ2) is 9.67. The van der Waals surface area contributed by atoms with Crippen LogP contribution in [-0.2, 0) is 11.3 Å². The number of benzene rings is 2. The van der Waals surface area contributed by atoms with E-state index in [9.17, 15) is 4.79 Å². The average molecular weight is 408 g/mol. The van der Waals surface area contributed by atoms with Crippen LogP contribution in [0.15, 0.2) is 48.5 Å². The van der Waals surface area contributed by atoms with Crippen LogP contribution in [0.4, 0.5) is 0 Å². The molecule has 0 bridgehead atoms. The lowest BCUT2D eigenvalue weighted by atomic mass is 10.1. The number of piperazine rings is 1. The smallest absolute Gasteiger partial charge is 0.246 e. The third-order valence-electron chi connectivity index (χ3n) is 5.31. The molecule has 2 heterocycles. The number of nitrogens with zero attached hydrogens (tertiary/aromatic N) is 2. The van der Waals surface area contributed by atoms with E-state index in [0.717, 1.165) is 62.0 Å². The molecule has 1 saturated heterocycles.